The maximum absolute atomic E-state index is 5.70. The van der Waals surface area contributed by atoms with Crippen LogP contribution in [0.2, 0.25) is 0 Å². The van der Waals surface area contributed by atoms with Crippen molar-refractivity contribution >= 4 is 11.6 Å². The van der Waals surface area contributed by atoms with Gasteiger partial charge < -0.3 is 5.32 Å². The molecule has 0 amide bonds. The SMILES string of the molecule is Cc1cccc(CNCC(C)CCl)n1. The molecule has 0 aliphatic heterocycles. The van der Waals surface area contributed by atoms with E-state index in [1.807, 2.05) is 25.1 Å². The van der Waals surface area contributed by atoms with Gasteiger partial charge in [-0.25, -0.2) is 0 Å². The zero-order valence-corrected chi connectivity index (χ0v) is 9.51. The second kappa shape index (κ2) is 5.99. The van der Waals surface area contributed by atoms with Gasteiger partial charge in [0, 0.05) is 18.1 Å². The molecule has 1 rings (SSSR count). The van der Waals surface area contributed by atoms with Gasteiger partial charge in [-0.15, -0.1) is 11.6 Å². The average Bonchev–Trinajstić information content (AvgIpc) is 2.17. The van der Waals surface area contributed by atoms with Crippen LogP contribution in [0.25, 0.3) is 0 Å². The van der Waals surface area contributed by atoms with Gasteiger partial charge in [-0.05, 0) is 31.5 Å². The third-order valence-corrected chi connectivity index (χ3v) is 2.54. The molecular weight excluding hydrogens is 196 g/mol. The summed E-state index contributed by atoms with van der Waals surface area (Å²) in [5.74, 6) is 1.22. The molecule has 0 radical (unpaired) electrons. The van der Waals surface area contributed by atoms with E-state index in [1.54, 1.807) is 0 Å². The Morgan fingerprint density at radius 3 is 2.93 bits per heavy atom. The molecule has 2 nitrogen and oxygen atoms in total. The standard InChI is InChI=1S/C11H17ClN2/c1-9(6-12)7-13-8-11-5-3-4-10(2)14-11/h3-5,9,13H,6-8H2,1-2H3. The van der Waals surface area contributed by atoms with Crippen LogP contribution in [0, 0.1) is 12.8 Å². The van der Waals surface area contributed by atoms with Crippen molar-refractivity contribution < 1.29 is 0 Å². The highest BCUT2D eigenvalue weighted by atomic mass is 35.5. The smallest absolute Gasteiger partial charge is 0.0544 e. The van der Waals surface area contributed by atoms with Crippen molar-refractivity contribution in [2.45, 2.75) is 20.4 Å². The third kappa shape index (κ3) is 4.07. The zero-order chi connectivity index (χ0) is 10.4. The van der Waals surface area contributed by atoms with Crippen molar-refractivity contribution in [2.75, 3.05) is 12.4 Å². The molecule has 0 saturated carbocycles. The fourth-order valence-corrected chi connectivity index (χ4v) is 1.31. The summed E-state index contributed by atoms with van der Waals surface area (Å²) in [7, 11) is 0. The summed E-state index contributed by atoms with van der Waals surface area (Å²) in [4.78, 5) is 4.40. The van der Waals surface area contributed by atoms with Crippen molar-refractivity contribution in [2.24, 2.45) is 5.92 Å². The Kier molecular flexibility index (Phi) is 4.91. The van der Waals surface area contributed by atoms with Gasteiger partial charge in [0.1, 0.15) is 0 Å². The second-order valence-electron chi connectivity index (χ2n) is 3.66. The lowest BCUT2D eigenvalue weighted by Gasteiger charge is -2.08. The van der Waals surface area contributed by atoms with E-state index in [0.29, 0.717) is 11.8 Å². The number of aromatic nitrogens is 1. The minimum Gasteiger partial charge on any atom is -0.311 e. The van der Waals surface area contributed by atoms with Crippen molar-refractivity contribution in [3.05, 3.63) is 29.6 Å². The van der Waals surface area contributed by atoms with Gasteiger partial charge in [-0.2, -0.15) is 0 Å². The first kappa shape index (κ1) is 11.5. The predicted octanol–water partition coefficient (Wildman–Crippen LogP) is 2.35. The summed E-state index contributed by atoms with van der Waals surface area (Å²) >= 11 is 5.70. The fourth-order valence-electron chi connectivity index (χ4n) is 1.20. The lowest BCUT2D eigenvalue weighted by molar-refractivity contribution is 0.552. The van der Waals surface area contributed by atoms with Crippen molar-refractivity contribution in [3.63, 3.8) is 0 Å². The van der Waals surface area contributed by atoms with Gasteiger partial charge >= 0.3 is 0 Å². The van der Waals surface area contributed by atoms with Gasteiger partial charge in [0.25, 0.3) is 0 Å². The molecule has 3 heteroatoms. The monoisotopic (exact) mass is 212 g/mol. The van der Waals surface area contributed by atoms with Crippen LogP contribution in [-0.4, -0.2) is 17.4 Å². The molecule has 1 heterocycles. The molecule has 0 fully saturated rings. The molecule has 0 spiro atoms. The minimum atomic E-state index is 0.515. The van der Waals surface area contributed by atoms with Crippen LogP contribution in [-0.2, 0) is 6.54 Å². The molecule has 0 aliphatic carbocycles. The highest BCUT2D eigenvalue weighted by Gasteiger charge is 1.99. The number of hydrogen-bond donors (Lipinski definition) is 1. The molecule has 14 heavy (non-hydrogen) atoms. The summed E-state index contributed by atoms with van der Waals surface area (Å²) in [6, 6.07) is 6.07. The predicted molar refractivity (Wildman–Crippen MR) is 60.6 cm³/mol. The fraction of sp³-hybridized carbons (Fsp3) is 0.545. The number of alkyl halides is 1. The van der Waals surface area contributed by atoms with Crippen LogP contribution in [0.5, 0.6) is 0 Å². The number of aryl methyl sites for hydroxylation is 1. The Labute approximate surface area is 90.7 Å². The highest BCUT2D eigenvalue weighted by molar-refractivity contribution is 6.18. The van der Waals surface area contributed by atoms with E-state index in [1.165, 1.54) is 0 Å². The van der Waals surface area contributed by atoms with Gasteiger partial charge in [0.05, 0.1) is 5.69 Å². The molecule has 0 bridgehead atoms. The van der Waals surface area contributed by atoms with E-state index < -0.39 is 0 Å². The Hall–Kier alpha value is -0.600. The number of nitrogens with zero attached hydrogens (tertiary/aromatic N) is 1. The van der Waals surface area contributed by atoms with E-state index >= 15 is 0 Å². The number of nitrogens with one attached hydrogen (secondary N) is 1. The maximum atomic E-state index is 5.70. The van der Waals surface area contributed by atoms with E-state index in [2.05, 4.69) is 17.2 Å². The Morgan fingerprint density at radius 2 is 2.29 bits per heavy atom. The van der Waals surface area contributed by atoms with E-state index in [9.17, 15) is 0 Å². The number of pyridine rings is 1. The Morgan fingerprint density at radius 1 is 1.50 bits per heavy atom. The second-order valence-corrected chi connectivity index (χ2v) is 3.97. The van der Waals surface area contributed by atoms with Crippen LogP contribution in [0.3, 0.4) is 0 Å². The average molecular weight is 213 g/mol. The van der Waals surface area contributed by atoms with Crippen LogP contribution in [0.15, 0.2) is 18.2 Å². The van der Waals surface area contributed by atoms with Crippen LogP contribution in [0.4, 0.5) is 0 Å². The van der Waals surface area contributed by atoms with Crippen molar-refractivity contribution in [3.8, 4) is 0 Å². The number of rotatable bonds is 5. The molecule has 78 valence electrons. The summed E-state index contributed by atoms with van der Waals surface area (Å²) in [5.41, 5.74) is 2.15. The third-order valence-electron chi connectivity index (χ3n) is 2.01. The summed E-state index contributed by atoms with van der Waals surface area (Å²) in [5, 5.41) is 3.33. The molecule has 0 aliphatic rings. The quantitative estimate of drug-likeness (QED) is 0.758. The van der Waals surface area contributed by atoms with Gasteiger partial charge in [0.15, 0.2) is 0 Å². The largest absolute Gasteiger partial charge is 0.311 e. The zero-order valence-electron chi connectivity index (χ0n) is 8.76. The van der Waals surface area contributed by atoms with Crippen molar-refractivity contribution in [1.82, 2.24) is 10.3 Å². The first-order chi connectivity index (χ1) is 6.72. The van der Waals surface area contributed by atoms with Gasteiger partial charge in [-0.3, -0.25) is 4.98 Å². The van der Waals surface area contributed by atoms with Gasteiger partial charge in [0.2, 0.25) is 0 Å². The number of hydrogen-bond acceptors (Lipinski definition) is 2. The molecule has 1 atom stereocenters. The minimum absolute atomic E-state index is 0.515. The molecular formula is C11H17ClN2. The molecule has 1 N–H and O–H groups in total. The molecule has 0 saturated heterocycles. The summed E-state index contributed by atoms with van der Waals surface area (Å²) in [6.45, 7) is 5.90. The Balaban J connectivity index is 2.31. The normalized spacial score (nSPS) is 12.8. The summed E-state index contributed by atoms with van der Waals surface area (Å²) in [6.07, 6.45) is 0. The van der Waals surface area contributed by atoms with Crippen LogP contribution in [0.1, 0.15) is 18.3 Å². The summed E-state index contributed by atoms with van der Waals surface area (Å²) < 4.78 is 0. The molecule has 1 aromatic rings. The first-order valence-electron chi connectivity index (χ1n) is 4.91. The lowest BCUT2D eigenvalue weighted by atomic mass is 10.2. The van der Waals surface area contributed by atoms with E-state index in [4.69, 9.17) is 11.6 Å². The van der Waals surface area contributed by atoms with Gasteiger partial charge in [-0.1, -0.05) is 13.0 Å². The lowest BCUT2D eigenvalue weighted by Crippen LogP contribution is -2.22. The van der Waals surface area contributed by atoms with E-state index in [0.717, 1.165) is 24.5 Å². The van der Waals surface area contributed by atoms with E-state index in [-0.39, 0.29) is 0 Å². The molecule has 1 unspecified atom stereocenters. The topological polar surface area (TPSA) is 24.9 Å². The highest BCUT2D eigenvalue weighted by Crippen LogP contribution is 1.99. The number of halogens is 1. The Bertz CT molecular complexity index is 276. The first-order valence-corrected chi connectivity index (χ1v) is 5.45. The molecule has 0 aromatic carbocycles. The van der Waals surface area contributed by atoms with Crippen LogP contribution < -0.4 is 5.32 Å². The van der Waals surface area contributed by atoms with Crippen LogP contribution >= 0.6 is 11.6 Å². The van der Waals surface area contributed by atoms with Crippen molar-refractivity contribution in [1.29, 1.82) is 0 Å². The molecule has 1 aromatic heterocycles. The maximum Gasteiger partial charge on any atom is 0.0544 e.